The van der Waals surface area contributed by atoms with Crippen molar-refractivity contribution in [2.75, 3.05) is 46.5 Å². The minimum Gasteiger partial charge on any atom is -0.394 e. The van der Waals surface area contributed by atoms with Crippen LogP contribution in [0, 0.1) is 5.92 Å². The average molecular weight is 258 g/mol. The van der Waals surface area contributed by atoms with Gasteiger partial charge in [-0.1, -0.05) is 6.92 Å². The Hall–Kier alpha value is -0.160. The van der Waals surface area contributed by atoms with Gasteiger partial charge in [0.15, 0.2) is 0 Å². The number of aliphatic hydroxyl groups is 1. The second-order valence-electron chi connectivity index (χ2n) is 5.74. The smallest absolute Gasteiger partial charge is 0.0611 e. The number of ether oxygens (including phenoxy) is 1. The number of nitrogens with zero attached hydrogens (tertiary/aromatic N) is 1. The third kappa shape index (κ3) is 5.22. The fraction of sp³-hybridized carbons (Fsp3) is 1.00. The summed E-state index contributed by atoms with van der Waals surface area (Å²) in [5.74, 6) is 0.740. The van der Waals surface area contributed by atoms with Crippen LogP contribution in [0.5, 0.6) is 0 Å². The highest BCUT2D eigenvalue weighted by molar-refractivity contribution is 4.84. The van der Waals surface area contributed by atoms with Gasteiger partial charge in [-0.15, -0.1) is 0 Å². The van der Waals surface area contributed by atoms with E-state index in [0.29, 0.717) is 0 Å². The van der Waals surface area contributed by atoms with Crippen LogP contribution in [0.15, 0.2) is 0 Å². The molecular weight excluding hydrogens is 228 g/mol. The van der Waals surface area contributed by atoms with Crippen molar-refractivity contribution >= 4 is 0 Å². The van der Waals surface area contributed by atoms with E-state index in [-0.39, 0.29) is 12.1 Å². The zero-order valence-electron chi connectivity index (χ0n) is 12.2. The molecule has 0 amide bonds. The number of likely N-dealkylation sites (N-methyl/N-ethyl adjacent to an activating group) is 1. The molecule has 1 unspecified atom stereocenters. The summed E-state index contributed by atoms with van der Waals surface area (Å²) < 4.78 is 5.22. The molecule has 1 saturated heterocycles. The molecule has 0 aromatic rings. The molecule has 1 atom stereocenters. The van der Waals surface area contributed by atoms with Gasteiger partial charge in [0, 0.05) is 19.3 Å². The van der Waals surface area contributed by atoms with E-state index in [4.69, 9.17) is 4.74 Å². The molecule has 2 N–H and O–H groups in total. The van der Waals surface area contributed by atoms with Crippen molar-refractivity contribution in [2.45, 2.75) is 38.6 Å². The van der Waals surface area contributed by atoms with Crippen molar-refractivity contribution < 1.29 is 9.84 Å². The lowest BCUT2D eigenvalue weighted by Gasteiger charge is -2.35. The van der Waals surface area contributed by atoms with Gasteiger partial charge in [0.2, 0.25) is 0 Å². The van der Waals surface area contributed by atoms with Crippen molar-refractivity contribution in [3.05, 3.63) is 0 Å². The van der Waals surface area contributed by atoms with Gasteiger partial charge in [-0.3, -0.25) is 0 Å². The third-order valence-corrected chi connectivity index (χ3v) is 4.04. The number of methoxy groups -OCH3 is 1. The van der Waals surface area contributed by atoms with Crippen molar-refractivity contribution in [3.63, 3.8) is 0 Å². The van der Waals surface area contributed by atoms with Gasteiger partial charge in [0.05, 0.1) is 6.61 Å². The Morgan fingerprint density at radius 3 is 2.56 bits per heavy atom. The summed E-state index contributed by atoms with van der Waals surface area (Å²) in [7, 11) is 1.79. The second kappa shape index (κ2) is 8.10. The molecule has 0 saturated carbocycles. The molecule has 1 aliphatic rings. The maximum Gasteiger partial charge on any atom is 0.0611 e. The highest BCUT2D eigenvalue weighted by Crippen LogP contribution is 2.19. The van der Waals surface area contributed by atoms with Crippen LogP contribution >= 0.6 is 0 Å². The van der Waals surface area contributed by atoms with Crippen molar-refractivity contribution in [1.29, 1.82) is 0 Å². The summed E-state index contributed by atoms with van der Waals surface area (Å²) in [4.78, 5) is 2.51. The van der Waals surface area contributed by atoms with Crippen LogP contribution < -0.4 is 5.32 Å². The fourth-order valence-electron chi connectivity index (χ4n) is 2.67. The number of likely N-dealkylation sites (tertiary alicyclic amines) is 1. The van der Waals surface area contributed by atoms with E-state index in [1.165, 1.54) is 25.9 Å². The molecule has 0 aromatic heterocycles. The summed E-state index contributed by atoms with van der Waals surface area (Å²) in [6.45, 7) is 9.62. The van der Waals surface area contributed by atoms with Gasteiger partial charge in [-0.25, -0.2) is 0 Å². The molecule has 4 nitrogen and oxygen atoms in total. The Labute approximate surface area is 112 Å². The first-order valence-corrected chi connectivity index (χ1v) is 7.20. The molecule has 4 heteroatoms. The first kappa shape index (κ1) is 15.9. The van der Waals surface area contributed by atoms with Crippen molar-refractivity contribution in [3.8, 4) is 0 Å². The van der Waals surface area contributed by atoms with Crippen LogP contribution in [0.3, 0.4) is 0 Å². The summed E-state index contributed by atoms with van der Waals surface area (Å²) in [5, 5.41) is 12.8. The van der Waals surface area contributed by atoms with E-state index in [1.54, 1.807) is 7.11 Å². The Morgan fingerprint density at radius 1 is 1.39 bits per heavy atom. The minimum atomic E-state index is -0.127. The molecule has 0 bridgehead atoms. The second-order valence-corrected chi connectivity index (χ2v) is 5.74. The molecule has 0 aromatic carbocycles. The van der Waals surface area contributed by atoms with E-state index < -0.39 is 0 Å². The topological polar surface area (TPSA) is 44.7 Å². The van der Waals surface area contributed by atoms with Crippen LogP contribution in [-0.4, -0.2) is 62.0 Å². The SMILES string of the molecule is CCNC(C)(CO)CCN1CCC(COC)CC1. The number of hydrogen-bond acceptors (Lipinski definition) is 4. The van der Waals surface area contributed by atoms with E-state index in [9.17, 15) is 5.11 Å². The van der Waals surface area contributed by atoms with Gasteiger partial charge in [0.1, 0.15) is 0 Å². The molecule has 0 aliphatic carbocycles. The first-order chi connectivity index (χ1) is 8.63. The van der Waals surface area contributed by atoms with Crippen molar-refractivity contribution in [2.24, 2.45) is 5.92 Å². The summed E-state index contributed by atoms with van der Waals surface area (Å²) in [5.41, 5.74) is -0.127. The van der Waals surface area contributed by atoms with Gasteiger partial charge in [-0.2, -0.15) is 0 Å². The van der Waals surface area contributed by atoms with E-state index in [2.05, 4.69) is 24.1 Å². The monoisotopic (exact) mass is 258 g/mol. The number of aliphatic hydroxyl groups excluding tert-OH is 1. The third-order valence-electron chi connectivity index (χ3n) is 4.04. The van der Waals surface area contributed by atoms with Gasteiger partial charge < -0.3 is 20.1 Å². The molecule has 108 valence electrons. The van der Waals surface area contributed by atoms with Crippen LogP contribution in [0.2, 0.25) is 0 Å². The molecular formula is C14H30N2O2. The lowest BCUT2D eigenvalue weighted by atomic mass is 9.95. The van der Waals surface area contributed by atoms with Crippen LogP contribution in [0.4, 0.5) is 0 Å². The van der Waals surface area contributed by atoms with Crippen LogP contribution in [0.1, 0.15) is 33.1 Å². The Kier molecular flexibility index (Phi) is 7.15. The molecule has 1 heterocycles. The zero-order valence-corrected chi connectivity index (χ0v) is 12.2. The first-order valence-electron chi connectivity index (χ1n) is 7.20. The quantitative estimate of drug-likeness (QED) is 0.684. The lowest BCUT2D eigenvalue weighted by Crippen LogP contribution is -2.48. The largest absolute Gasteiger partial charge is 0.394 e. The molecule has 1 fully saturated rings. The highest BCUT2D eigenvalue weighted by Gasteiger charge is 2.24. The zero-order chi connectivity index (χ0) is 13.4. The maximum atomic E-state index is 9.46. The molecule has 0 radical (unpaired) electrons. The van der Waals surface area contributed by atoms with E-state index in [1.807, 2.05) is 0 Å². The number of nitrogens with one attached hydrogen (secondary N) is 1. The Balaban J connectivity index is 2.24. The fourth-order valence-corrected chi connectivity index (χ4v) is 2.67. The highest BCUT2D eigenvalue weighted by atomic mass is 16.5. The molecule has 18 heavy (non-hydrogen) atoms. The number of hydrogen-bond donors (Lipinski definition) is 2. The van der Waals surface area contributed by atoms with Crippen LogP contribution in [0.25, 0.3) is 0 Å². The number of piperidine rings is 1. The summed E-state index contributed by atoms with van der Waals surface area (Å²) in [6, 6.07) is 0. The maximum absolute atomic E-state index is 9.46. The van der Waals surface area contributed by atoms with E-state index in [0.717, 1.165) is 32.0 Å². The summed E-state index contributed by atoms with van der Waals surface area (Å²) >= 11 is 0. The lowest BCUT2D eigenvalue weighted by molar-refractivity contribution is 0.0892. The normalized spacial score (nSPS) is 22.0. The Morgan fingerprint density at radius 2 is 2.06 bits per heavy atom. The summed E-state index contributed by atoms with van der Waals surface area (Å²) in [6.07, 6.45) is 3.49. The van der Waals surface area contributed by atoms with Gasteiger partial charge >= 0.3 is 0 Å². The minimum absolute atomic E-state index is 0.127. The predicted molar refractivity (Wildman–Crippen MR) is 74.8 cm³/mol. The molecule has 1 aliphatic heterocycles. The van der Waals surface area contributed by atoms with Crippen molar-refractivity contribution in [1.82, 2.24) is 10.2 Å². The van der Waals surface area contributed by atoms with Crippen LogP contribution in [-0.2, 0) is 4.74 Å². The standard InChI is InChI=1S/C14H30N2O2/c1-4-15-14(2,12-17)7-10-16-8-5-13(6-9-16)11-18-3/h13,15,17H,4-12H2,1-3H3. The van der Waals surface area contributed by atoms with E-state index >= 15 is 0 Å². The average Bonchev–Trinajstić information content (AvgIpc) is 2.39. The Bertz CT molecular complexity index is 218. The number of rotatable bonds is 8. The predicted octanol–water partition coefficient (Wildman–Crippen LogP) is 1.10. The molecule has 0 spiro atoms. The van der Waals surface area contributed by atoms with Gasteiger partial charge in [0.25, 0.3) is 0 Å². The van der Waals surface area contributed by atoms with Gasteiger partial charge in [-0.05, 0) is 58.3 Å². The molecule has 1 rings (SSSR count).